The van der Waals surface area contributed by atoms with Crippen molar-refractivity contribution < 1.29 is 4.42 Å². The van der Waals surface area contributed by atoms with Crippen LogP contribution in [-0.2, 0) is 0 Å². The molecule has 5 nitrogen and oxygen atoms in total. The molecule has 0 aliphatic heterocycles. The predicted molar refractivity (Wildman–Crippen MR) is 170 cm³/mol. The normalized spacial score (nSPS) is 11.8. The van der Waals surface area contributed by atoms with Crippen LogP contribution < -0.4 is 0 Å². The maximum Gasteiger partial charge on any atom is 0.144 e. The van der Waals surface area contributed by atoms with Crippen molar-refractivity contribution in [1.29, 1.82) is 0 Å². The Balaban J connectivity index is 1.50. The fraction of sp³-hybridized carbons (Fsp3) is 0. The summed E-state index contributed by atoms with van der Waals surface area (Å²) >= 11 is 0. The van der Waals surface area contributed by atoms with E-state index in [1.54, 1.807) is 12.4 Å². The molecule has 0 fully saturated rings. The molecule has 0 saturated heterocycles. The maximum atomic E-state index is 6.56. The number of nitrogens with zero attached hydrogens (tertiary/aromatic N) is 4. The third-order valence-electron chi connectivity index (χ3n) is 8.07. The third-order valence-corrected chi connectivity index (χ3v) is 8.07. The Kier molecular flexibility index (Phi) is 4.83. The lowest BCUT2D eigenvalue weighted by Gasteiger charge is -2.14. The molecule has 5 heteroatoms. The van der Waals surface area contributed by atoms with Gasteiger partial charge in [-0.2, -0.15) is 0 Å². The molecule has 0 aliphatic rings. The average molecular weight is 539 g/mol. The Morgan fingerprint density at radius 1 is 0.500 bits per heavy atom. The van der Waals surface area contributed by atoms with Crippen molar-refractivity contribution in [3.05, 3.63) is 134 Å². The second-order valence-electron chi connectivity index (χ2n) is 10.4. The van der Waals surface area contributed by atoms with E-state index in [1.165, 1.54) is 10.8 Å². The average Bonchev–Trinajstić information content (AvgIpc) is 3.62. The van der Waals surface area contributed by atoms with E-state index < -0.39 is 0 Å². The van der Waals surface area contributed by atoms with E-state index in [-0.39, 0.29) is 0 Å². The van der Waals surface area contributed by atoms with E-state index in [0.29, 0.717) is 0 Å². The van der Waals surface area contributed by atoms with Gasteiger partial charge in [0.05, 0.1) is 39.5 Å². The zero-order chi connectivity index (χ0) is 27.6. The van der Waals surface area contributed by atoms with Crippen molar-refractivity contribution in [2.24, 2.45) is 0 Å². The standard InChI is InChI=1S/C37H22N4O/c1-2-12-25-24(11-1)36-34(35-27-14-4-6-18-33(27)42-37(25)35)26-13-3-5-17-32(26)41(36)23-21-30(28-15-7-9-19-38-28)40-31(22-23)29-16-8-10-20-39-29/h1-22H. The van der Waals surface area contributed by atoms with Crippen LogP contribution in [0.4, 0.5) is 0 Å². The van der Waals surface area contributed by atoms with Gasteiger partial charge in [0.15, 0.2) is 0 Å². The predicted octanol–water partition coefficient (Wildman–Crippen LogP) is 9.36. The Morgan fingerprint density at radius 3 is 1.79 bits per heavy atom. The van der Waals surface area contributed by atoms with Gasteiger partial charge < -0.3 is 8.98 Å². The van der Waals surface area contributed by atoms with Gasteiger partial charge in [-0.25, -0.2) is 4.98 Å². The van der Waals surface area contributed by atoms with Crippen LogP contribution in [0.1, 0.15) is 0 Å². The Bertz CT molecular complexity index is 2400. The van der Waals surface area contributed by atoms with E-state index in [2.05, 4.69) is 93.4 Å². The number of benzene rings is 4. The topological polar surface area (TPSA) is 56.7 Å². The smallest absolute Gasteiger partial charge is 0.144 e. The molecule has 9 rings (SSSR count). The summed E-state index contributed by atoms with van der Waals surface area (Å²) < 4.78 is 8.93. The molecule has 196 valence electrons. The molecular weight excluding hydrogens is 516 g/mol. The quantitative estimate of drug-likeness (QED) is 0.225. The number of fused-ring (bicyclic) bond motifs is 10. The summed E-state index contributed by atoms with van der Waals surface area (Å²) in [5.74, 6) is 0. The minimum atomic E-state index is 0.791. The Labute approximate surface area is 240 Å². The van der Waals surface area contributed by atoms with Crippen LogP contribution in [0.15, 0.2) is 138 Å². The number of para-hydroxylation sites is 2. The van der Waals surface area contributed by atoms with Gasteiger partial charge in [-0.3, -0.25) is 9.97 Å². The van der Waals surface area contributed by atoms with Crippen molar-refractivity contribution in [1.82, 2.24) is 19.5 Å². The summed E-state index contributed by atoms with van der Waals surface area (Å²) in [6, 6.07) is 41.6. The lowest BCUT2D eigenvalue weighted by Crippen LogP contribution is -2.00. The van der Waals surface area contributed by atoms with E-state index in [0.717, 1.165) is 72.2 Å². The first-order valence-corrected chi connectivity index (χ1v) is 14.0. The minimum absolute atomic E-state index is 0.791. The highest BCUT2D eigenvalue weighted by Gasteiger charge is 2.23. The largest absolute Gasteiger partial charge is 0.455 e. The van der Waals surface area contributed by atoms with Gasteiger partial charge in [0.2, 0.25) is 0 Å². The minimum Gasteiger partial charge on any atom is -0.455 e. The molecule has 0 atom stereocenters. The second-order valence-corrected chi connectivity index (χ2v) is 10.4. The number of hydrogen-bond donors (Lipinski definition) is 0. The summed E-state index contributed by atoms with van der Waals surface area (Å²) in [6.45, 7) is 0. The highest BCUT2D eigenvalue weighted by Crippen LogP contribution is 2.46. The van der Waals surface area contributed by atoms with Crippen LogP contribution in [0.25, 0.3) is 83.0 Å². The lowest BCUT2D eigenvalue weighted by atomic mass is 9.99. The zero-order valence-electron chi connectivity index (χ0n) is 22.4. The SMILES string of the molecule is c1ccc(-c2cc(-n3c4ccccc4c4c5c6ccccc6oc5c5ccccc5c43)cc(-c3ccccn3)n2)nc1. The molecule has 0 saturated carbocycles. The van der Waals surface area contributed by atoms with Crippen molar-refractivity contribution in [2.45, 2.75) is 0 Å². The third kappa shape index (κ3) is 3.28. The van der Waals surface area contributed by atoms with Crippen LogP contribution in [-0.4, -0.2) is 19.5 Å². The molecule has 5 aromatic heterocycles. The fourth-order valence-electron chi connectivity index (χ4n) is 6.32. The molecule has 0 bridgehead atoms. The van der Waals surface area contributed by atoms with E-state index >= 15 is 0 Å². The molecule has 0 spiro atoms. The monoisotopic (exact) mass is 538 g/mol. The van der Waals surface area contributed by atoms with Gasteiger partial charge in [0.1, 0.15) is 11.2 Å². The first-order chi connectivity index (χ1) is 20.8. The van der Waals surface area contributed by atoms with Crippen molar-refractivity contribution >= 4 is 54.5 Å². The van der Waals surface area contributed by atoms with Crippen LogP contribution in [0, 0.1) is 0 Å². The number of rotatable bonds is 3. The second kappa shape index (κ2) is 8.85. The van der Waals surface area contributed by atoms with E-state index in [4.69, 9.17) is 9.40 Å². The summed E-state index contributed by atoms with van der Waals surface area (Å²) in [4.78, 5) is 14.3. The number of furan rings is 1. The molecule has 0 amide bonds. The molecule has 0 radical (unpaired) electrons. The number of hydrogen-bond acceptors (Lipinski definition) is 4. The van der Waals surface area contributed by atoms with Gasteiger partial charge in [-0.05, 0) is 48.5 Å². The van der Waals surface area contributed by atoms with Crippen LogP contribution in [0.2, 0.25) is 0 Å². The lowest BCUT2D eigenvalue weighted by molar-refractivity contribution is 0.673. The summed E-state index contributed by atoms with van der Waals surface area (Å²) in [5, 5.41) is 6.82. The number of pyridine rings is 3. The summed E-state index contributed by atoms with van der Waals surface area (Å²) in [7, 11) is 0. The van der Waals surface area contributed by atoms with E-state index in [1.807, 2.05) is 42.5 Å². The van der Waals surface area contributed by atoms with Gasteiger partial charge in [-0.1, -0.05) is 72.8 Å². The summed E-state index contributed by atoms with van der Waals surface area (Å²) in [6.07, 6.45) is 3.61. The van der Waals surface area contributed by atoms with Crippen LogP contribution in [0.5, 0.6) is 0 Å². The molecule has 0 N–H and O–H groups in total. The Morgan fingerprint density at radius 2 is 1.10 bits per heavy atom. The van der Waals surface area contributed by atoms with Gasteiger partial charge in [0, 0.05) is 44.7 Å². The molecular formula is C37H22N4O. The van der Waals surface area contributed by atoms with Crippen molar-refractivity contribution in [3.63, 3.8) is 0 Å². The summed E-state index contributed by atoms with van der Waals surface area (Å²) in [5.41, 5.74) is 8.25. The molecule has 5 heterocycles. The highest BCUT2D eigenvalue weighted by atomic mass is 16.3. The van der Waals surface area contributed by atoms with Crippen molar-refractivity contribution in [3.8, 4) is 28.5 Å². The molecule has 0 aliphatic carbocycles. The van der Waals surface area contributed by atoms with Gasteiger partial charge in [-0.15, -0.1) is 0 Å². The highest BCUT2D eigenvalue weighted by molar-refractivity contribution is 6.35. The van der Waals surface area contributed by atoms with E-state index in [9.17, 15) is 0 Å². The molecule has 9 aromatic rings. The van der Waals surface area contributed by atoms with Gasteiger partial charge in [0.25, 0.3) is 0 Å². The maximum absolute atomic E-state index is 6.56. The zero-order valence-corrected chi connectivity index (χ0v) is 22.4. The molecule has 42 heavy (non-hydrogen) atoms. The fourth-order valence-corrected chi connectivity index (χ4v) is 6.32. The first kappa shape index (κ1) is 22.9. The molecule has 4 aromatic carbocycles. The Hall–Kier alpha value is -5.81. The molecule has 0 unspecified atom stereocenters. The first-order valence-electron chi connectivity index (χ1n) is 14.0. The van der Waals surface area contributed by atoms with Crippen LogP contribution in [0.3, 0.4) is 0 Å². The van der Waals surface area contributed by atoms with Crippen LogP contribution >= 0.6 is 0 Å². The van der Waals surface area contributed by atoms with Gasteiger partial charge >= 0.3 is 0 Å². The van der Waals surface area contributed by atoms with Crippen molar-refractivity contribution in [2.75, 3.05) is 0 Å². The number of aromatic nitrogens is 4.